The van der Waals surface area contributed by atoms with Gasteiger partial charge in [-0.05, 0) is 51.8 Å². The Morgan fingerprint density at radius 2 is 1.96 bits per heavy atom. The Labute approximate surface area is 144 Å². The zero-order valence-corrected chi connectivity index (χ0v) is 14.5. The molecule has 0 radical (unpaired) electrons. The van der Waals surface area contributed by atoms with Gasteiger partial charge in [0.1, 0.15) is 17.5 Å². The van der Waals surface area contributed by atoms with E-state index < -0.39 is 29.5 Å². The molecule has 0 unspecified atom stereocenters. The predicted molar refractivity (Wildman–Crippen MR) is 87.3 cm³/mol. The van der Waals surface area contributed by atoms with Gasteiger partial charge in [0.15, 0.2) is 0 Å². The molecule has 1 heterocycles. The number of likely N-dealkylation sites (tertiary alicyclic amines) is 1. The number of carbonyl (C=O) groups is 1. The second-order valence-corrected chi connectivity index (χ2v) is 7.06. The van der Waals surface area contributed by atoms with Gasteiger partial charge in [-0.3, -0.25) is 0 Å². The van der Waals surface area contributed by atoms with Crippen LogP contribution in [0.3, 0.4) is 0 Å². The molecule has 0 aliphatic carbocycles. The van der Waals surface area contributed by atoms with E-state index in [2.05, 4.69) is 0 Å². The topological polar surface area (TPSA) is 64.8 Å². The molecular formula is C17H23F3N2O3. The van der Waals surface area contributed by atoms with E-state index in [9.17, 15) is 18.0 Å². The van der Waals surface area contributed by atoms with E-state index in [-0.39, 0.29) is 18.0 Å². The molecule has 0 bridgehead atoms. The summed E-state index contributed by atoms with van der Waals surface area (Å²) >= 11 is 0. The van der Waals surface area contributed by atoms with Crippen LogP contribution in [0, 0.1) is 0 Å². The number of benzene rings is 1. The molecule has 2 N–H and O–H groups in total. The summed E-state index contributed by atoms with van der Waals surface area (Å²) in [5, 5.41) is 0. The Kier molecular flexibility index (Phi) is 5.39. The van der Waals surface area contributed by atoms with Crippen LogP contribution in [0.25, 0.3) is 0 Å². The normalized spacial score (nSPS) is 18.8. The van der Waals surface area contributed by atoms with Crippen molar-refractivity contribution in [3.63, 3.8) is 0 Å². The molecule has 0 spiro atoms. The summed E-state index contributed by atoms with van der Waals surface area (Å²) in [6.07, 6.45) is -4.08. The molecule has 1 amide bonds. The fraction of sp³-hybridized carbons (Fsp3) is 0.588. The van der Waals surface area contributed by atoms with Crippen LogP contribution in [0.15, 0.2) is 18.2 Å². The molecule has 1 aliphatic heterocycles. The van der Waals surface area contributed by atoms with E-state index in [4.69, 9.17) is 15.2 Å². The maximum Gasteiger partial charge on any atom is 0.416 e. The Morgan fingerprint density at radius 3 is 2.56 bits per heavy atom. The van der Waals surface area contributed by atoms with Gasteiger partial charge >= 0.3 is 12.3 Å². The summed E-state index contributed by atoms with van der Waals surface area (Å²) in [5.41, 5.74) is 4.42. The van der Waals surface area contributed by atoms with Crippen molar-refractivity contribution in [2.45, 2.75) is 51.5 Å². The molecule has 0 saturated carbocycles. The first-order valence-corrected chi connectivity index (χ1v) is 8.07. The molecule has 1 saturated heterocycles. The number of halogens is 3. The van der Waals surface area contributed by atoms with E-state index in [1.807, 2.05) is 0 Å². The average molecular weight is 360 g/mol. The van der Waals surface area contributed by atoms with Gasteiger partial charge in [-0.1, -0.05) is 0 Å². The fourth-order valence-electron chi connectivity index (χ4n) is 2.52. The molecule has 25 heavy (non-hydrogen) atoms. The van der Waals surface area contributed by atoms with Crippen molar-refractivity contribution in [1.29, 1.82) is 0 Å². The first kappa shape index (κ1) is 19.2. The number of anilines is 1. The smallest absolute Gasteiger partial charge is 0.416 e. The van der Waals surface area contributed by atoms with Crippen LogP contribution in [-0.4, -0.2) is 35.8 Å². The third kappa shape index (κ3) is 5.44. The second-order valence-electron chi connectivity index (χ2n) is 7.06. The zero-order valence-electron chi connectivity index (χ0n) is 14.5. The summed E-state index contributed by atoms with van der Waals surface area (Å²) in [4.78, 5) is 13.6. The summed E-state index contributed by atoms with van der Waals surface area (Å²) in [7, 11) is 0. The number of alkyl halides is 3. The monoisotopic (exact) mass is 360 g/mol. The summed E-state index contributed by atoms with van der Waals surface area (Å²) in [5.74, 6) is -0.0223. The largest absolute Gasteiger partial charge is 0.486 e. The molecule has 1 fully saturated rings. The maximum absolute atomic E-state index is 12.8. The number of amides is 1. The van der Waals surface area contributed by atoms with Crippen molar-refractivity contribution >= 4 is 11.8 Å². The molecule has 0 aromatic heterocycles. The molecule has 5 nitrogen and oxygen atoms in total. The number of rotatable bonds is 2. The second kappa shape index (κ2) is 7.01. The highest BCUT2D eigenvalue weighted by atomic mass is 19.4. The van der Waals surface area contributed by atoms with Gasteiger partial charge in [-0.2, -0.15) is 13.2 Å². The summed E-state index contributed by atoms with van der Waals surface area (Å²) < 4.78 is 49.5. The van der Waals surface area contributed by atoms with Crippen LogP contribution in [-0.2, 0) is 10.9 Å². The van der Waals surface area contributed by atoms with Crippen molar-refractivity contribution in [3.8, 4) is 5.75 Å². The van der Waals surface area contributed by atoms with E-state index >= 15 is 0 Å². The molecule has 1 aliphatic rings. The molecule has 1 atom stereocenters. The number of nitrogens with zero attached hydrogens (tertiary/aromatic N) is 1. The van der Waals surface area contributed by atoms with E-state index in [1.54, 1.807) is 20.8 Å². The number of nitrogens with two attached hydrogens (primary N) is 1. The maximum atomic E-state index is 12.8. The fourth-order valence-corrected chi connectivity index (χ4v) is 2.52. The third-order valence-corrected chi connectivity index (χ3v) is 3.66. The Hall–Kier alpha value is -2.12. The number of hydrogen-bond acceptors (Lipinski definition) is 4. The van der Waals surface area contributed by atoms with E-state index in [1.165, 1.54) is 11.0 Å². The van der Waals surface area contributed by atoms with Gasteiger partial charge < -0.3 is 20.1 Å². The quantitative estimate of drug-likeness (QED) is 0.808. The van der Waals surface area contributed by atoms with Crippen LogP contribution in [0.1, 0.15) is 39.2 Å². The van der Waals surface area contributed by atoms with E-state index in [0.717, 1.165) is 12.1 Å². The first-order valence-electron chi connectivity index (χ1n) is 8.07. The molecule has 1 aromatic rings. The number of ether oxygens (including phenoxy) is 2. The van der Waals surface area contributed by atoms with Crippen molar-refractivity contribution < 1.29 is 27.4 Å². The molecule has 1 aromatic carbocycles. The van der Waals surface area contributed by atoms with Crippen LogP contribution < -0.4 is 10.5 Å². The van der Waals surface area contributed by atoms with Crippen LogP contribution >= 0.6 is 0 Å². The SMILES string of the molecule is CC(C)(C)OC(=O)N1CCC[C@H](Oc2cc(C(F)(F)F)ccc2N)C1. The van der Waals surface area contributed by atoms with Gasteiger partial charge in [0.2, 0.25) is 0 Å². The van der Waals surface area contributed by atoms with Crippen LogP contribution in [0.2, 0.25) is 0 Å². The lowest BCUT2D eigenvalue weighted by Crippen LogP contribution is -2.46. The minimum Gasteiger partial charge on any atom is -0.486 e. The predicted octanol–water partition coefficient (Wildman–Crippen LogP) is 4.07. The first-order chi connectivity index (χ1) is 11.5. The molecule has 8 heteroatoms. The van der Waals surface area contributed by atoms with Crippen LogP contribution in [0.5, 0.6) is 5.75 Å². The van der Waals surface area contributed by atoms with Crippen molar-refractivity contribution in [2.24, 2.45) is 0 Å². The molecule has 2 rings (SSSR count). The lowest BCUT2D eigenvalue weighted by Gasteiger charge is -2.34. The lowest BCUT2D eigenvalue weighted by atomic mass is 10.1. The minimum atomic E-state index is -4.47. The highest BCUT2D eigenvalue weighted by Gasteiger charge is 2.32. The molecular weight excluding hydrogens is 337 g/mol. The lowest BCUT2D eigenvalue weighted by molar-refractivity contribution is -0.137. The summed E-state index contributed by atoms with van der Waals surface area (Å²) in [6, 6.07) is 2.98. The Balaban J connectivity index is 2.07. The van der Waals surface area contributed by atoms with Gasteiger partial charge in [0.25, 0.3) is 0 Å². The number of nitrogen functional groups attached to an aromatic ring is 1. The highest BCUT2D eigenvalue weighted by molar-refractivity contribution is 5.68. The van der Waals surface area contributed by atoms with Gasteiger partial charge in [0.05, 0.1) is 17.8 Å². The number of piperidine rings is 1. The van der Waals surface area contributed by atoms with Gasteiger partial charge in [0, 0.05) is 6.54 Å². The average Bonchev–Trinajstić information content (AvgIpc) is 2.47. The van der Waals surface area contributed by atoms with Crippen molar-refractivity contribution in [1.82, 2.24) is 4.90 Å². The van der Waals surface area contributed by atoms with Gasteiger partial charge in [-0.25, -0.2) is 4.79 Å². The zero-order chi connectivity index (χ0) is 18.8. The minimum absolute atomic E-state index is 0.0223. The third-order valence-electron chi connectivity index (χ3n) is 3.66. The van der Waals surface area contributed by atoms with Crippen LogP contribution in [0.4, 0.5) is 23.7 Å². The van der Waals surface area contributed by atoms with Crippen molar-refractivity contribution in [3.05, 3.63) is 23.8 Å². The molecule has 140 valence electrons. The van der Waals surface area contributed by atoms with Gasteiger partial charge in [-0.15, -0.1) is 0 Å². The number of carbonyl (C=O) groups excluding carboxylic acids is 1. The standard InChI is InChI=1S/C17H23F3N2O3/c1-16(2,3)25-15(23)22-8-4-5-12(10-22)24-14-9-11(17(18,19)20)6-7-13(14)21/h6-7,9,12H,4-5,8,10,21H2,1-3H3/t12-/m0/s1. The van der Waals surface area contributed by atoms with Crippen molar-refractivity contribution in [2.75, 3.05) is 18.8 Å². The number of hydrogen-bond donors (Lipinski definition) is 1. The Bertz CT molecular complexity index is 627. The Morgan fingerprint density at radius 1 is 1.28 bits per heavy atom. The summed E-state index contributed by atoms with van der Waals surface area (Å²) in [6.45, 7) is 6.07. The van der Waals surface area contributed by atoms with E-state index in [0.29, 0.717) is 19.4 Å². The highest BCUT2D eigenvalue weighted by Crippen LogP contribution is 2.35.